The first-order chi connectivity index (χ1) is 12.1. The van der Waals surface area contributed by atoms with Gasteiger partial charge in [0.25, 0.3) is 0 Å². The third-order valence-corrected chi connectivity index (χ3v) is 4.70. The average molecular weight is 337 g/mol. The summed E-state index contributed by atoms with van der Waals surface area (Å²) in [6.45, 7) is 0. The molecule has 0 aromatic heterocycles. The molecule has 2 aromatic carbocycles. The molecule has 1 aliphatic carbocycles. The van der Waals surface area contributed by atoms with Crippen LogP contribution in [0, 0.1) is 5.92 Å². The smallest absolute Gasteiger partial charge is 0.319 e. The number of carbonyl (C=O) groups excluding carboxylic acids is 2. The summed E-state index contributed by atoms with van der Waals surface area (Å²) in [5.41, 5.74) is 7.72. The number of anilines is 1. The van der Waals surface area contributed by atoms with Crippen molar-refractivity contribution in [1.29, 1.82) is 0 Å². The van der Waals surface area contributed by atoms with E-state index in [0.29, 0.717) is 17.2 Å². The molecule has 0 heterocycles. The predicted octanol–water partition coefficient (Wildman–Crippen LogP) is 3.38. The fourth-order valence-corrected chi connectivity index (χ4v) is 3.19. The maximum absolute atomic E-state index is 12.5. The maximum atomic E-state index is 12.5. The summed E-state index contributed by atoms with van der Waals surface area (Å²) in [6, 6.07) is 17.0. The molecule has 25 heavy (non-hydrogen) atoms. The van der Waals surface area contributed by atoms with Gasteiger partial charge in [0.2, 0.25) is 5.91 Å². The molecular weight excluding hydrogens is 314 g/mol. The van der Waals surface area contributed by atoms with E-state index in [1.54, 1.807) is 12.1 Å². The van der Waals surface area contributed by atoms with Crippen molar-refractivity contribution >= 4 is 17.6 Å². The highest BCUT2D eigenvalue weighted by molar-refractivity contribution is 5.91. The number of primary amides is 1. The third kappa shape index (κ3) is 4.38. The highest BCUT2D eigenvalue weighted by atomic mass is 16.2. The van der Waals surface area contributed by atoms with Gasteiger partial charge in [0.15, 0.2) is 0 Å². The van der Waals surface area contributed by atoms with Gasteiger partial charge in [0.1, 0.15) is 0 Å². The summed E-state index contributed by atoms with van der Waals surface area (Å²) >= 11 is 0. The van der Waals surface area contributed by atoms with Gasteiger partial charge in [-0.25, -0.2) is 4.79 Å². The second-order valence-corrected chi connectivity index (χ2v) is 6.48. The lowest BCUT2D eigenvalue weighted by Gasteiger charge is -2.34. The Hall–Kier alpha value is -2.82. The van der Waals surface area contributed by atoms with Crippen LogP contribution in [-0.4, -0.2) is 11.9 Å². The van der Waals surface area contributed by atoms with Gasteiger partial charge < -0.3 is 16.4 Å². The molecule has 2 aromatic rings. The number of nitrogens with one attached hydrogen (secondary N) is 2. The van der Waals surface area contributed by atoms with Gasteiger partial charge in [-0.2, -0.15) is 0 Å². The summed E-state index contributed by atoms with van der Waals surface area (Å²) in [4.78, 5) is 23.7. The van der Waals surface area contributed by atoms with E-state index in [-0.39, 0.29) is 18.5 Å². The minimum atomic E-state index is -0.425. The van der Waals surface area contributed by atoms with Crippen LogP contribution in [0.1, 0.15) is 36.4 Å². The second kappa shape index (κ2) is 7.83. The Labute approximate surface area is 147 Å². The zero-order valence-electron chi connectivity index (χ0n) is 14.1. The molecule has 5 nitrogen and oxygen atoms in total. The van der Waals surface area contributed by atoms with E-state index in [9.17, 15) is 9.59 Å². The molecule has 0 saturated heterocycles. The summed E-state index contributed by atoms with van der Waals surface area (Å²) in [5.74, 6) is 0.0419. The molecule has 1 atom stereocenters. The third-order valence-electron chi connectivity index (χ3n) is 4.70. The number of nitrogens with two attached hydrogens (primary N) is 1. The van der Waals surface area contributed by atoms with E-state index in [0.717, 1.165) is 18.4 Å². The van der Waals surface area contributed by atoms with Gasteiger partial charge in [0.05, 0.1) is 12.5 Å². The lowest BCUT2D eigenvalue weighted by molar-refractivity contribution is -0.117. The molecule has 3 rings (SSSR count). The van der Waals surface area contributed by atoms with Crippen molar-refractivity contribution < 1.29 is 9.59 Å². The Morgan fingerprint density at radius 1 is 1.04 bits per heavy atom. The molecule has 3 amide bonds. The molecule has 130 valence electrons. The summed E-state index contributed by atoms with van der Waals surface area (Å²) in [5, 5.41) is 5.96. The highest BCUT2D eigenvalue weighted by Gasteiger charge is 2.29. The SMILES string of the molecule is NC(=O)Cc1ccccc1NC(=O)N[C@@H](c1ccccc1)C1CCC1. The first-order valence-corrected chi connectivity index (χ1v) is 8.62. The zero-order valence-corrected chi connectivity index (χ0v) is 14.1. The van der Waals surface area contributed by atoms with E-state index in [4.69, 9.17) is 5.73 Å². The number of para-hydroxylation sites is 1. The molecular formula is C20H23N3O2. The van der Waals surface area contributed by atoms with E-state index < -0.39 is 5.91 Å². The predicted molar refractivity (Wildman–Crippen MR) is 98.0 cm³/mol. The zero-order chi connectivity index (χ0) is 17.6. The van der Waals surface area contributed by atoms with Crippen LogP contribution < -0.4 is 16.4 Å². The summed E-state index contributed by atoms with van der Waals surface area (Å²) in [6.07, 6.45) is 3.55. The normalized spacial score (nSPS) is 15.0. The standard InChI is InChI=1S/C20H23N3O2/c21-18(24)13-16-9-4-5-12-17(16)22-20(25)23-19(15-10-6-11-15)14-7-2-1-3-8-14/h1-5,7-9,12,15,19H,6,10-11,13H2,(H2,21,24)(H2,22,23,25)/t19-/m0/s1. The Bertz CT molecular complexity index is 742. The molecule has 0 bridgehead atoms. The number of hydrogen-bond donors (Lipinski definition) is 3. The van der Waals surface area contributed by atoms with Gasteiger partial charge in [-0.05, 0) is 36.0 Å². The highest BCUT2D eigenvalue weighted by Crippen LogP contribution is 2.37. The van der Waals surface area contributed by atoms with Crippen LogP contribution in [0.5, 0.6) is 0 Å². The van der Waals surface area contributed by atoms with Crippen LogP contribution in [0.2, 0.25) is 0 Å². The van der Waals surface area contributed by atoms with Crippen molar-refractivity contribution in [2.45, 2.75) is 31.7 Å². The van der Waals surface area contributed by atoms with Crippen molar-refractivity contribution in [3.05, 3.63) is 65.7 Å². The van der Waals surface area contributed by atoms with E-state index in [2.05, 4.69) is 10.6 Å². The first-order valence-electron chi connectivity index (χ1n) is 8.62. The lowest BCUT2D eigenvalue weighted by Crippen LogP contribution is -2.38. The number of hydrogen-bond acceptors (Lipinski definition) is 2. The summed E-state index contributed by atoms with van der Waals surface area (Å²) in [7, 11) is 0. The molecule has 1 fully saturated rings. The second-order valence-electron chi connectivity index (χ2n) is 6.48. The average Bonchev–Trinajstić information content (AvgIpc) is 2.55. The number of benzene rings is 2. The van der Waals surface area contributed by atoms with Gasteiger partial charge >= 0.3 is 6.03 Å². The van der Waals surface area contributed by atoms with Crippen molar-refractivity contribution in [3.8, 4) is 0 Å². The molecule has 0 spiro atoms. The van der Waals surface area contributed by atoms with Crippen LogP contribution in [0.15, 0.2) is 54.6 Å². The van der Waals surface area contributed by atoms with Crippen molar-refractivity contribution in [2.24, 2.45) is 11.7 Å². The fourth-order valence-electron chi connectivity index (χ4n) is 3.19. The number of amides is 3. The quantitative estimate of drug-likeness (QED) is 0.755. The van der Waals surface area contributed by atoms with Crippen LogP contribution in [0.3, 0.4) is 0 Å². The monoisotopic (exact) mass is 337 g/mol. The van der Waals surface area contributed by atoms with Crippen LogP contribution in [-0.2, 0) is 11.2 Å². The van der Waals surface area contributed by atoms with Gasteiger partial charge in [-0.1, -0.05) is 55.0 Å². The maximum Gasteiger partial charge on any atom is 0.319 e. The van der Waals surface area contributed by atoms with E-state index in [1.165, 1.54) is 6.42 Å². The number of urea groups is 1. The Kier molecular flexibility index (Phi) is 5.33. The molecule has 1 saturated carbocycles. The number of rotatable bonds is 6. The molecule has 1 aliphatic rings. The van der Waals surface area contributed by atoms with Gasteiger partial charge in [-0.3, -0.25) is 4.79 Å². The van der Waals surface area contributed by atoms with Crippen LogP contribution in [0.25, 0.3) is 0 Å². The first kappa shape index (κ1) is 17.0. The molecule has 0 radical (unpaired) electrons. The molecule has 4 N–H and O–H groups in total. The minimum absolute atomic E-state index is 0.00162. The Balaban J connectivity index is 1.71. The molecule has 0 unspecified atom stereocenters. The van der Waals surface area contributed by atoms with Crippen LogP contribution >= 0.6 is 0 Å². The Morgan fingerprint density at radius 2 is 1.72 bits per heavy atom. The minimum Gasteiger partial charge on any atom is -0.369 e. The Morgan fingerprint density at radius 3 is 2.36 bits per heavy atom. The van der Waals surface area contributed by atoms with Crippen molar-refractivity contribution in [2.75, 3.05) is 5.32 Å². The van der Waals surface area contributed by atoms with Crippen LogP contribution in [0.4, 0.5) is 10.5 Å². The molecule has 5 heteroatoms. The topological polar surface area (TPSA) is 84.2 Å². The van der Waals surface area contributed by atoms with E-state index >= 15 is 0 Å². The lowest BCUT2D eigenvalue weighted by atomic mass is 9.77. The van der Waals surface area contributed by atoms with Crippen molar-refractivity contribution in [1.82, 2.24) is 5.32 Å². The van der Waals surface area contributed by atoms with E-state index in [1.807, 2.05) is 42.5 Å². The number of carbonyl (C=O) groups is 2. The summed E-state index contributed by atoms with van der Waals surface area (Å²) < 4.78 is 0. The van der Waals surface area contributed by atoms with Gasteiger partial charge in [0, 0.05) is 5.69 Å². The largest absolute Gasteiger partial charge is 0.369 e. The molecule has 0 aliphatic heterocycles. The van der Waals surface area contributed by atoms with Gasteiger partial charge in [-0.15, -0.1) is 0 Å². The van der Waals surface area contributed by atoms with Crippen molar-refractivity contribution in [3.63, 3.8) is 0 Å². The fraction of sp³-hybridized carbons (Fsp3) is 0.300.